The minimum absolute atomic E-state index is 0.0611. The number of halogens is 2. The number of likely N-dealkylation sites (tertiary alicyclic amines) is 1. The first-order valence-electron chi connectivity index (χ1n) is 7.06. The van der Waals surface area contributed by atoms with Crippen molar-refractivity contribution < 1.29 is 13.9 Å². The Labute approximate surface area is 129 Å². The van der Waals surface area contributed by atoms with Crippen LogP contribution in [0, 0.1) is 11.7 Å². The molecule has 0 unspecified atom stereocenters. The zero-order chi connectivity index (χ0) is 15.4. The molecule has 0 aromatic heterocycles. The van der Waals surface area contributed by atoms with Crippen molar-refractivity contribution in [3.63, 3.8) is 0 Å². The summed E-state index contributed by atoms with van der Waals surface area (Å²) < 4.78 is 18.5. The zero-order valence-electron chi connectivity index (χ0n) is 12.2. The van der Waals surface area contributed by atoms with E-state index in [9.17, 15) is 9.18 Å². The quantitative estimate of drug-likeness (QED) is 0.907. The lowest BCUT2D eigenvalue weighted by molar-refractivity contribution is -0.136. The summed E-state index contributed by atoms with van der Waals surface area (Å²) in [5.41, 5.74) is 0. The Balaban J connectivity index is 1.94. The monoisotopic (exact) mass is 314 g/mol. The molecule has 1 amide bonds. The smallest absolute Gasteiger partial charge is 0.263 e. The standard InChI is InChI=1S/C15H20ClFN2O2/c1-10(21-14-4-3-12(17)7-13(14)16)15(20)19-6-5-11(9-19)8-18-2/h3-4,7,10-11,18H,5-6,8-9H2,1-2H3/t10-,11-/m0/s1. The molecule has 6 heteroatoms. The molecule has 1 aliphatic rings. The summed E-state index contributed by atoms with van der Waals surface area (Å²) in [6, 6.07) is 3.87. The van der Waals surface area contributed by atoms with Crippen LogP contribution in [0.2, 0.25) is 5.02 Å². The highest BCUT2D eigenvalue weighted by Gasteiger charge is 2.29. The van der Waals surface area contributed by atoms with Crippen LogP contribution in [0.25, 0.3) is 0 Å². The number of hydrogen-bond donors (Lipinski definition) is 1. The molecule has 1 heterocycles. The third kappa shape index (κ3) is 4.08. The average molecular weight is 315 g/mol. The molecule has 2 atom stereocenters. The Morgan fingerprint density at radius 3 is 3.05 bits per heavy atom. The van der Waals surface area contributed by atoms with E-state index in [1.54, 1.807) is 6.92 Å². The van der Waals surface area contributed by atoms with Crippen LogP contribution in [0.1, 0.15) is 13.3 Å². The van der Waals surface area contributed by atoms with Gasteiger partial charge in [0.25, 0.3) is 5.91 Å². The van der Waals surface area contributed by atoms with E-state index in [1.807, 2.05) is 11.9 Å². The van der Waals surface area contributed by atoms with Gasteiger partial charge in [0, 0.05) is 13.1 Å². The Kier molecular flexibility index (Phi) is 5.42. The second-order valence-electron chi connectivity index (χ2n) is 5.33. The molecule has 1 aliphatic heterocycles. The highest BCUT2D eigenvalue weighted by atomic mass is 35.5. The minimum Gasteiger partial charge on any atom is -0.479 e. The number of ether oxygens (including phenoxy) is 1. The van der Waals surface area contributed by atoms with Gasteiger partial charge in [0.1, 0.15) is 11.6 Å². The molecule has 1 saturated heterocycles. The molecule has 1 N–H and O–H groups in total. The third-order valence-corrected chi connectivity index (χ3v) is 3.93. The van der Waals surface area contributed by atoms with Crippen molar-refractivity contribution >= 4 is 17.5 Å². The van der Waals surface area contributed by atoms with Crippen molar-refractivity contribution in [1.82, 2.24) is 10.2 Å². The van der Waals surface area contributed by atoms with Gasteiger partial charge < -0.3 is 15.0 Å². The van der Waals surface area contributed by atoms with Crippen molar-refractivity contribution in [2.24, 2.45) is 5.92 Å². The SMILES string of the molecule is CNC[C@@H]1CCN(C(=O)[C@H](C)Oc2ccc(F)cc2Cl)C1. The van der Waals surface area contributed by atoms with Crippen LogP contribution in [-0.4, -0.2) is 43.6 Å². The molecule has 4 nitrogen and oxygen atoms in total. The second-order valence-corrected chi connectivity index (χ2v) is 5.74. The topological polar surface area (TPSA) is 41.6 Å². The van der Waals surface area contributed by atoms with Crippen molar-refractivity contribution in [2.75, 3.05) is 26.7 Å². The van der Waals surface area contributed by atoms with Gasteiger partial charge in [-0.05, 0) is 51.1 Å². The maximum atomic E-state index is 13.0. The van der Waals surface area contributed by atoms with E-state index < -0.39 is 11.9 Å². The van der Waals surface area contributed by atoms with E-state index in [1.165, 1.54) is 18.2 Å². The largest absolute Gasteiger partial charge is 0.479 e. The lowest BCUT2D eigenvalue weighted by Gasteiger charge is -2.22. The zero-order valence-corrected chi connectivity index (χ0v) is 13.0. The molecule has 116 valence electrons. The van der Waals surface area contributed by atoms with E-state index >= 15 is 0 Å². The van der Waals surface area contributed by atoms with Crippen molar-refractivity contribution in [2.45, 2.75) is 19.4 Å². The highest BCUT2D eigenvalue weighted by molar-refractivity contribution is 6.32. The molecule has 1 aromatic carbocycles. The minimum atomic E-state index is -0.638. The van der Waals surface area contributed by atoms with Gasteiger partial charge in [0.2, 0.25) is 0 Å². The summed E-state index contributed by atoms with van der Waals surface area (Å²) in [6.45, 7) is 4.08. The van der Waals surface area contributed by atoms with Gasteiger partial charge in [-0.2, -0.15) is 0 Å². The van der Waals surface area contributed by atoms with Gasteiger partial charge in [0.15, 0.2) is 6.10 Å². The maximum Gasteiger partial charge on any atom is 0.263 e. The summed E-state index contributed by atoms with van der Waals surface area (Å²) in [7, 11) is 1.91. The fourth-order valence-electron chi connectivity index (χ4n) is 2.56. The fourth-order valence-corrected chi connectivity index (χ4v) is 2.77. The first-order valence-corrected chi connectivity index (χ1v) is 7.44. The number of rotatable bonds is 5. The van der Waals surface area contributed by atoms with Crippen molar-refractivity contribution in [1.29, 1.82) is 0 Å². The van der Waals surface area contributed by atoms with E-state index in [-0.39, 0.29) is 10.9 Å². The summed E-state index contributed by atoms with van der Waals surface area (Å²) in [5, 5.41) is 3.30. The van der Waals surface area contributed by atoms with E-state index in [4.69, 9.17) is 16.3 Å². The van der Waals surface area contributed by atoms with Crippen LogP contribution < -0.4 is 10.1 Å². The maximum absolute atomic E-state index is 13.0. The first kappa shape index (κ1) is 16.0. The van der Waals surface area contributed by atoms with Gasteiger partial charge in [-0.25, -0.2) is 4.39 Å². The second kappa shape index (κ2) is 7.09. The summed E-state index contributed by atoms with van der Waals surface area (Å²) in [4.78, 5) is 14.2. The van der Waals surface area contributed by atoms with Gasteiger partial charge in [-0.3, -0.25) is 4.79 Å². The van der Waals surface area contributed by atoms with Gasteiger partial charge in [-0.1, -0.05) is 11.6 Å². The van der Waals surface area contributed by atoms with E-state index in [0.29, 0.717) is 11.7 Å². The van der Waals surface area contributed by atoms with Crippen molar-refractivity contribution in [3.05, 3.63) is 29.0 Å². The molecule has 1 fully saturated rings. The Morgan fingerprint density at radius 2 is 2.38 bits per heavy atom. The van der Waals surface area contributed by atoms with Gasteiger partial charge in [-0.15, -0.1) is 0 Å². The number of carbonyl (C=O) groups excluding carboxylic acids is 1. The number of carbonyl (C=O) groups is 1. The molecule has 21 heavy (non-hydrogen) atoms. The number of amides is 1. The van der Waals surface area contributed by atoms with Gasteiger partial charge in [0.05, 0.1) is 5.02 Å². The summed E-state index contributed by atoms with van der Waals surface area (Å²) in [5.74, 6) is 0.320. The fraction of sp³-hybridized carbons (Fsp3) is 0.533. The van der Waals surface area contributed by atoms with Crippen LogP contribution in [0.15, 0.2) is 18.2 Å². The normalized spacial score (nSPS) is 19.6. The molecule has 0 saturated carbocycles. The Bertz CT molecular complexity index is 512. The van der Waals surface area contributed by atoms with Crippen LogP contribution in [-0.2, 0) is 4.79 Å². The molecule has 0 aliphatic carbocycles. The predicted octanol–water partition coefficient (Wildman–Crippen LogP) is 2.31. The number of hydrogen-bond acceptors (Lipinski definition) is 3. The molecule has 0 bridgehead atoms. The first-order chi connectivity index (χ1) is 10.0. The third-order valence-electron chi connectivity index (χ3n) is 3.64. The number of benzene rings is 1. The summed E-state index contributed by atoms with van der Waals surface area (Å²) in [6.07, 6.45) is 0.359. The average Bonchev–Trinajstić information content (AvgIpc) is 2.90. The Hall–Kier alpha value is -1.33. The Morgan fingerprint density at radius 1 is 1.62 bits per heavy atom. The van der Waals surface area contributed by atoms with E-state index in [0.717, 1.165) is 26.1 Å². The van der Waals surface area contributed by atoms with Crippen LogP contribution in [0.4, 0.5) is 4.39 Å². The molecule has 0 spiro atoms. The lowest BCUT2D eigenvalue weighted by atomic mass is 10.1. The molecule has 1 aromatic rings. The van der Waals surface area contributed by atoms with Crippen LogP contribution in [0.5, 0.6) is 5.75 Å². The van der Waals surface area contributed by atoms with Crippen molar-refractivity contribution in [3.8, 4) is 5.75 Å². The van der Waals surface area contributed by atoms with E-state index in [2.05, 4.69) is 5.32 Å². The summed E-state index contributed by atoms with van der Waals surface area (Å²) >= 11 is 5.90. The molecular weight excluding hydrogens is 295 g/mol. The predicted molar refractivity (Wildman–Crippen MR) is 80.1 cm³/mol. The van der Waals surface area contributed by atoms with Crippen LogP contribution in [0.3, 0.4) is 0 Å². The molecule has 0 radical (unpaired) electrons. The van der Waals surface area contributed by atoms with Crippen LogP contribution >= 0.6 is 11.6 Å². The number of nitrogens with zero attached hydrogens (tertiary/aromatic N) is 1. The highest BCUT2D eigenvalue weighted by Crippen LogP contribution is 2.26. The molecular formula is C15H20ClFN2O2. The number of nitrogens with one attached hydrogen (secondary N) is 1. The van der Waals surface area contributed by atoms with Gasteiger partial charge >= 0.3 is 0 Å². The molecule has 2 rings (SSSR count). The lowest BCUT2D eigenvalue weighted by Crippen LogP contribution is -2.39.